The van der Waals surface area contributed by atoms with Crippen LogP contribution in [0.5, 0.6) is 0 Å². The Hall–Kier alpha value is -4.22. The van der Waals surface area contributed by atoms with Crippen LogP contribution in [0.15, 0.2) is 35.5 Å². The van der Waals surface area contributed by atoms with Gasteiger partial charge in [0.05, 0.1) is 11.4 Å². The van der Waals surface area contributed by atoms with Crippen LogP contribution in [0.1, 0.15) is 48.4 Å². The Labute approximate surface area is 171 Å². The summed E-state index contributed by atoms with van der Waals surface area (Å²) in [6.45, 7) is 9.06. The van der Waals surface area contributed by atoms with E-state index in [-0.39, 0.29) is 29.2 Å². The van der Waals surface area contributed by atoms with E-state index < -0.39 is 5.91 Å². The molecule has 0 fully saturated rings. The number of amides is 2. The Balaban J connectivity index is 1.75. The Bertz CT molecular complexity index is 1100. The number of benzene rings is 1. The number of hydrazine groups is 1. The zero-order valence-corrected chi connectivity index (χ0v) is 16.6. The maximum Gasteiger partial charge on any atom is 0.292 e. The Morgan fingerprint density at radius 3 is 2.63 bits per heavy atom. The first-order chi connectivity index (χ1) is 14.3. The highest BCUT2D eigenvalue weighted by atomic mass is 16.6. The van der Waals surface area contributed by atoms with Crippen LogP contribution >= 0.6 is 0 Å². The van der Waals surface area contributed by atoms with Gasteiger partial charge in [-0.2, -0.15) is 4.68 Å². The summed E-state index contributed by atoms with van der Waals surface area (Å²) in [7, 11) is 0. The normalized spacial score (nSPS) is 10.7. The van der Waals surface area contributed by atoms with Crippen molar-refractivity contribution in [3.8, 4) is 5.82 Å². The van der Waals surface area contributed by atoms with Crippen LogP contribution in [0.4, 0.5) is 11.5 Å². The van der Waals surface area contributed by atoms with Crippen molar-refractivity contribution in [2.75, 3.05) is 11.1 Å². The van der Waals surface area contributed by atoms with Gasteiger partial charge in [0.1, 0.15) is 0 Å². The number of nitrogens with zero attached hydrogens (tertiary/aromatic N) is 5. The first-order valence-corrected chi connectivity index (χ1v) is 8.95. The third kappa shape index (κ3) is 4.27. The van der Waals surface area contributed by atoms with Crippen molar-refractivity contribution < 1.29 is 14.2 Å². The van der Waals surface area contributed by atoms with Gasteiger partial charge in [-0.1, -0.05) is 37.8 Å². The van der Waals surface area contributed by atoms with E-state index in [0.29, 0.717) is 22.6 Å². The van der Waals surface area contributed by atoms with Crippen LogP contribution < -0.4 is 21.9 Å². The van der Waals surface area contributed by atoms with Crippen molar-refractivity contribution in [3.63, 3.8) is 0 Å². The molecule has 30 heavy (non-hydrogen) atoms. The van der Waals surface area contributed by atoms with Crippen LogP contribution in [0.25, 0.3) is 11.5 Å². The van der Waals surface area contributed by atoms with Crippen LogP contribution in [-0.4, -0.2) is 37.1 Å². The van der Waals surface area contributed by atoms with Gasteiger partial charge in [0.15, 0.2) is 5.69 Å². The lowest BCUT2D eigenvalue weighted by molar-refractivity contribution is -0.114. The number of anilines is 2. The van der Waals surface area contributed by atoms with Crippen molar-refractivity contribution >= 4 is 29.0 Å². The largest absolute Gasteiger partial charge is 0.378 e. The minimum atomic E-state index is -0.529. The lowest BCUT2D eigenvalue weighted by Gasteiger charge is -2.13. The van der Waals surface area contributed by atoms with Crippen molar-refractivity contribution in [3.05, 3.63) is 47.8 Å². The molecular weight excluding hydrogens is 390 g/mol. The van der Waals surface area contributed by atoms with E-state index in [2.05, 4.69) is 48.0 Å². The van der Waals surface area contributed by atoms with Crippen molar-refractivity contribution in [2.45, 2.75) is 26.7 Å². The average Bonchev–Trinajstić information content (AvgIpc) is 3.31. The molecule has 5 N–H and O–H groups in total. The van der Waals surface area contributed by atoms with Gasteiger partial charge in [-0.25, -0.2) is 4.63 Å². The smallest absolute Gasteiger partial charge is 0.292 e. The predicted molar refractivity (Wildman–Crippen MR) is 108 cm³/mol. The van der Waals surface area contributed by atoms with Gasteiger partial charge >= 0.3 is 0 Å². The molecule has 0 saturated carbocycles. The molecule has 3 aromatic rings. The standard InChI is InChI=1S/C18H21N9O3/c1-9(2)15-14(22-26-27(15)17-16(19)24-30-25-17)18(29)23-21-10(3)12-6-5-7-13(8-12)20-11(4)28/h5-9,21H,3H2,1-2,4H3,(H2,19,24)(H,20,28)(H,23,29). The minimum absolute atomic E-state index is 0.0271. The topological polar surface area (TPSA) is 166 Å². The molecule has 0 atom stereocenters. The minimum Gasteiger partial charge on any atom is -0.378 e. The maximum absolute atomic E-state index is 12.7. The second-order valence-corrected chi connectivity index (χ2v) is 6.68. The molecule has 12 nitrogen and oxygen atoms in total. The lowest BCUT2D eigenvalue weighted by Crippen LogP contribution is -2.36. The Morgan fingerprint density at radius 1 is 1.23 bits per heavy atom. The van der Waals surface area contributed by atoms with E-state index in [4.69, 9.17) is 5.73 Å². The van der Waals surface area contributed by atoms with Gasteiger partial charge in [-0.05, 0) is 28.4 Å². The highest BCUT2D eigenvalue weighted by Gasteiger charge is 2.25. The van der Waals surface area contributed by atoms with E-state index in [0.717, 1.165) is 0 Å². The summed E-state index contributed by atoms with van der Waals surface area (Å²) in [6.07, 6.45) is 0. The van der Waals surface area contributed by atoms with E-state index in [9.17, 15) is 9.59 Å². The summed E-state index contributed by atoms with van der Waals surface area (Å²) in [4.78, 5) is 23.9. The summed E-state index contributed by atoms with van der Waals surface area (Å²) < 4.78 is 5.92. The van der Waals surface area contributed by atoms with Gasteiger partial charge < -0.3 is 11.1 Å². The van der Waals surface area contributed by atoms with Gasteiger partial charge in [0.25, 0.3) is 5.91 Å². The molecule has 3 rings (SSSR count). The average molecular weight is 411 g/mol. The molecule has 0 radical (unpaired) electrons. The quantitative estimate of drug-likeness (QED) is 0.418. The highest BCUT2D eigenvalue weighted by Crippen LogP contribution is 2.22. The first-order valence-electron chi connectivity index (χ1n) is 8.95. The van der Waals surface area contributed by atoms with Gasteiger partial charge in [-0.3, -0.25) is 20.4 Å². The fraction of sp³-hybridized carbons (Fsp3) is 0.222. The van der Waals surface area contributed by atoms with Crippen LogP contribution in [-0.2, 0) is 4.79 Å². The van der Waals surface area contributed by atoms with Gasteiger partial charge in [-0.15, -0.1) is 5.10 Å². The van der Waals surface area contributed by atoms with Crippen molar-refractivity contribution in [1.82, 2.24) is 36.2 Å². The second kappa shape index (κ2) is 8.43. The number of carbonyl (C=O) groups is 2. The SMILES string of the molecule is C=C(NNC(=O)c1nnn(-c2nonc2N)c1C(C)C)c1cccc(NC(C)=O)c1. The summed E-state index contributed by atoms with van der Waals surface area (Å²) in [5, 5.41) is 17.8. The molecule has 0 aliphatic heterocycles. The van der Waals surface area contributed by atoms with Crippen LogP contribution in [0.2, 0.25) is 0 Å². The van der Waals surface area contributed by atoms with E-state index >= 15 is 0 Å². The summed E-state index contributed by atoms with van der Waals surface area (Å²) >= 11 is 0. The number of nitrogens with two attached hydrogens (primary N) is 1. The molecule has 12 heteroatoms. The number of carbonyl (C=O) groups excluding carboxylic acids is 2. The van der Waals surface area contributed by atoms with Crippen LogP contribution in [0.3, 0.4) is 0 Å². The number of hydrogen-bond acceptors (Lipinski definition) is 9. The Kier molecular flexibility index (Phi) is 5.76. The molecule has 2 amide bonds. The van der Waals surface area contributed by atoms with E-state index in [1.165, 1.54) is 11.6 Å². The number of aromatic nitrogens is 5. The molecule has 1 aromatic carbocycles. The van der Waals surface area contributed by atoms with Gasteiger partial charge in [0.2, 0.25) is 17.5 Å². The summed E-state index contributed by atoms with van der Waals surface area (Å²) in [6, 6.07) is 7.00. The summed E-state index contributed by atoms with van der Waals surface area (Å²) in [5.74, 6) is -0.670. The summed E-state index contributed by atoms with van der Waals surface area (Å²) in [5.41, 5.74) is 13.3. The molecule has 2 heterocycles. The van der Waals surface area contributed by atoms with Gasteiger partial charge in [0, 0.05) is 18.2 Å². The maximum atomic E-state index is 12.7. The molecule has 0 spiro atoms. The molecule has 0 aliphatic carbocycles. The molecule has 2 aromatic heterocycles. The molecule has 156 valence electrons. The number of nitrogens with one attached hydrogen (secondary N) is 3. The molecule has 0 saturated heterocycles. The zero-order chi connectivity index (χ0) is 21.8. The van der Waals surface area contributed by atoms with E-state index in [1.807, 2.05) is 13.8 Å². The lowest BCUT2D eigenvalue weighted by atomic mass is 10.1. The highest BCUT2D eigenvalue weighted by molar-refractivity contribution is 5.94. The molecule has 0 aliphatic rings. The number of nitrogen functional groups attached to an aromatic ring is 1. The number of rotatable bonds is 7. The molecule has 0 unspecified atom stereocenters. The zero-order valence-electron chi connectivity index (χ0n) is 16.6. The second-order valence-electron chi connectivity index (χ2n) is 6.68. The third-order valence-electron chi connectivity index (χ3n) is 4.02. The van der Waals surface area contributed by atoms with Crippen molar-refractivity contribution in [2.24, 2.45) is 0 Å². The monoisotopic (exact) mass is 411 g/mol. The molecule has 0 bridgehead atoms. The third-order valence-corrected chi connectivity index (χ3v) is 4.02. The predicted octanol–water partition coefficient (Wildman–Crippen LogP) is 1.22. The fourth-order valence-electron chi connectivity index (χ4n) is 2.71. The van der Waals surface area contributed by atoms with E-state index in [1.54, 1.807) is 24.3 Å². The van der Waals surface area contributed by atoms with Crippen molar-refractivity contribution in [1.29, 1.82) is 0 Å². The molecular formula is C18H21N9O3. The number of hydrogen-bond donors (Lipinski definition) is 4. The fourth-order valence-corrected chi connectivity index (χ4v) is 2.71. The van der Waals surface area contributed by atoms with Crippen LogP contribution in [0, 0.1) is 0 Å². The first kappa shape index (κ1) is 20.5. The Morgan fingerprint density at radius 2 is 2.00 bits per heavy atom.